The van der Waals surface area contributed by atoms with Crippen LogP contribution in [-0.2, 0) is 6.54 Å². The molecule has 0 saturated carbocycles. The summed E-state index contributed by atoms with van der Waals surface area (Å²) in [5, 5.41) is 14.0. The normalized spacial score (nSPS) is 10.2. The van der Waals surface area contributed by atoms with Gasteiger partial charge >= 0.3 is 0 Å². The van der Waals surface area contributed by atoms with Gasteiger partial charge in [0.1, 0.15) is 0 Å². The molecule has 2 rings (SSSR count). The average molecular weight is 285 g/mol. The van der Waals surface area contributed by atoms with Gasteiger partial charge in [0.2, 0.25) is 0 Å². The van der Waals surface area contributed by atoms with Crippen molar-refractivity contribution >= 4 is 17.1 Å². The molecule has 0 aliphatic carbocycles. The first-order valence-corrected chi connectivity index (χ1v) is 6.74. The monoisotopic (exact) mass is 285 g/mol. The molecule has 0 spiro atoms. The van der Waals surface area contributed by atoms with E-state index in [0.717, 1.165) is 11.4 Å². The molecular weight excluding hydrogens is 266 g/mol. The minimum atomic E-state index is -0.369. The van der Waals surface area contributed by atoms with Crippen molar-refractivity contribution in [2.75, 3.05) is 24.3 Å². The Balaban J connectivity index is 2.30. The molecule has 2 aromatic carbocycles. The van der Waals surface area contributed by atoms with Crippen LogP contribution in [0.4, 0.5) is 17.1 Å². The zero-order valence-electron chi connectivity index (χ0n) is 12.5. The van der Waals surface area contributed by atoms with Crippen molar-refractivity contribution in [2.45, 2.75) is 13.5 Å². The average Bonchev–Trinajstić information content (AvgIpc) is 2.49. The summed E-state index contributed by atoms with van der Waals surface area (Å²) in [6, 6.07) is 13.2. The molecule has 0 heterocycles. The first-order chi connectivity index (χ1) is 10.0. The van der Waals surface area contributed by atoms with E-state index in [4.69, 9.17) is 0 Å². The van der Waals surface area contributed by atoms with E-state index >= 15 is 0 Å². The van der Waals surface area contributed by atoms with Crippen molar-refractivity contribution < 1.29 is 4.92 Å². The Bertz CT molecular complexity index is 656. The highest BCUT2D eigenvalue weighted by Crippen LogP contribution is 2.27. The first-order valence-electron chi connectivity index (χ1n) is 6.74. The standard InChI is InChI=1S/C16H19N3O2/c1-12-6-4-5-7-13(12)11-18(3)15-8-14(17-2)9-16(10-15)19(20)21/h4-10,17H,11H2,1-3H3. The van der Waals surface area contributed by atoms with Crippen molar-refractivity contribution in [1.82, 2.24) is 0 Å². The van der Waals surface area contributed by atoms with Crippen molar-refractivity contribution in [1.29, 1.82) is 0 Å². The number of non-ortho nitro benzene ring substituents is 1. The van der Waals surface area contributed by atoms with Crippen molar-refractivity contribution in [2.24, 2.45) is 0 Å². The molecule has 0 aromatic heterocycles. The largest absolute Gasteiger partial charge is 0.388 e. The van der Waals surface area contributed by atoms with Gasteiger partial charge in [-0.25, -0.2) is 0 Å². The Morgan fingerprint density at radius 1 is 1.24 bits per heavy atom. The van der Waals surface area contributed by atoms with Gasteiger partial charge < -0.3 is 10.2 Å². The lowest BCUT2D eigenvalue weighted by molar-refractivity contribution is -0.384. The van der Waals surface area contributed by atoms with Crippen LogP contribution in [0.1, 0.15) is 11.1 Å². The second-order valence-corrected chi connectivity index (χ2v) is 5.03. The van der Waals surface area contributed by atoms with E-state index in [1.807, 2.05) is 30.1 Å². The van der Waals surface area contributed by atoms with Crippen LogP contribution < -0.4 is 10.2 Å². The molecule has 1 N–H and O–H groups in total. The predicted molar refractivity (Wildman–Crippen MR) is 85.9 cm³/mol. The molecule has 21 heavy (non-hydrogen) atoms. The number of hydrogen-bond donors (Lipinski definition) is 1. The van der Waals surface area contributed by atoms with E-state index in [0.29, 0.717) is 6.54 Å². The molecule has 0 radical (unpaired) electrons. The fraction of sp³-hybridized carbons (Fsp3) is 0.250. The van der Waals surface area contributed by atoms with Crippen LogP contribution in [0.2, 0.25) is 0 Å². The second-order valence-electron chi connectivity index (χ2n) is 5.03. The third-order valence-electron chi connectivity index (χ3n) is 3.51. The molecular formula is C16H19N3O2. The lowest BCUT2D eigenvalue weighted by atomic mass is 10.1. The van der Waals surface area contributed by atoms with E-state index in [2.05, 4.69) is 24.4 Å². The van der Waals surface area contributed by atoms with Gasteiger partial charge in [-0.1, -0.05) is 24.3 Å². The number of anilines is 2. The van der Waals surface area contributed by atoms with Crippen molar-refractivity contribution in [3.05, 3.63) is 63.7 Å². The third-order valence-corrected chi connectivity index (χ3v) is 3.51. The highest BCUT2D eigenvalue weighted by atomic mass is 16.6. The number of benzene rings is 2. The maximum atomic E-state index is 11.0. The quantitative estimate of drug-likeness (QED) is 0.674. The van der Waals surface area contributed by atoms with Crippen LogP contribution in [0, 0.1) is 17.0 Å². The Morgan fingerprint density at radius 2 is 1.95 bits per heavy atom. The molecule has 5 nitrogen and oxygen atoms in total. The molecule has 0 bridgehead atoms. The van der Waals surface area contributed by atoms with Gasteiger partial charge in [-0.05, 0) is 24.1 Å². The van der Waals surface area contributed by atoms with Crippen LogP contribution in [0.25, 0.3) is 0 Å². The summed E-state index contributed by atoms with van der Waals surface area (Å²) in [5.74, 6) is 0. The SMILES string of the molecule is CNc1cc(N(C)Cc2ccccc2C)cc([N+](=O)[O-])c1. The summed E-state index contributed by atoms with van der Waals surface area (Å²) in [4.78, 5) is 12.7. The smallest absolute Gasteiger partial charge is 0.273 e. The molecule has 110 valence electrons. The highest BCUT2D eigenvalue weighted by molar-refractivity contribution is 5.64. The molecule has 0 aliphatic heterocycles. The van der Waals surface area contributed by atoms with Crippen LogP contribution in [0.5, 0.6) is 0 Å². The van der Waals surface area contributed by atoms with Crippen LogP contribution in [0.15, 0.2) is 42.5 Å². The van der Waals surface area contributed by atoms with Crippen LogP contribution in [0.3, 0.4) is 0 Å². The van der Waals surface area contributed by atoms with E-state index in [-0.39, 0.29) is 10.6 Å². The Labute approximate surface area is 124 Å². The number of aryl methyl sites for hydroxylation is 1. The van der Waals surface area contributed by atoms with E-state index < -0.39 is 0 Å². The summed E-state index contributed by atoms with van der Waals surface area (Å²) >= 11 is 0. The minimum Gasteiger partial charge on any atom is -0.388 e. The van der Waals surface area contributed by atoms with Gasteiger partial charge in [-0.15, -0.1) is 0 Å². The van der Waals surface area contributed by atoms with E-state index in [9.17, 15) is 10.1 Å². The fourth-order valence-electron chi connectivity index (χ4n) is 2.20. The molecule has 2 aromatic rings. The zero-order chi connectivity index (χ0) is 15.4. The summed E-state index contributed by atoms with van der Waals surface area (Å²) in [6.07, 6.45) is 0. The zero-order valence-corrected chi connectivity index (χ0v) is 12.5. The highest BCUT2D eigenvalue weighted by Gasteiger charge is 2.12. The molecule has 0 aliphatic rings. The Hall–Kier alpha value is -2.56. The third kappa shape index (κ3) is 3.51. The summed E-state index contributed by atoms with van der Waals surface area (Å²) < 4.78 is 0. The summed E-state index contributed by atoms with van der Waals surface area (Å²) in [7, 11) is 3.69. The topological polar surface area (TPSA) is 58.4 Å². The number of nitro groups is 1. The van der Waals surface area contributed by atoms with Crippen molar-refractivity contribution in [3.8, 4) is 0 Å². The lowest BCUT2D eigenvalue weighted by Gasteiger charge is -2.21. The minimum absolute atomic E-state index is 0.0912. The molecule has 5 heteroatoms. The maximum Gasteiger partial charge on any atom is 0.273 e. The summed E-state index contributed by atoms with van der Waals surface area (Å²) in [6.45, 7) is 2.77. The summed E-state index contributed by atoms with van der Waals surface area (Å²) in [5.41, 5.74) is 4.06. The van der Waals surface area contributed by atoms with Crippen LogP contribution >= 0.6 is 0 Å². The number of hydrogen-bond acceptors (Lipinski definition) is 4. The Morgan fingerprint density at radius 3 is 2.57 bits per heavy atom. The fourth-order valence-corrected chi connectivity index (χ4v) is 2.20. The van der Waals surface area contributed by atoms with Gasteiger partial charge in [0.05, 0.1) is 4.92 Å². The lowest BCUT2D eigenvalue weighted by Crippen LogP contribution is -2.17. The maximum absolute atomic E-state index is 11.0. The van der Waals surface area contributed by atoms with Gasteiger partial charge in [0.25, 0.3) is 5.69 Å². The van der Waals surface area contributed by atoms with Gasteiger partial charge in [-0.3, -0.25) is 10.1 Å². The number of nitrogens with one attached hydrogen (secondary N) is 1. The second kappa shape index (κ2) is 6.26. The molecule has 0 amide bonds. The van der Waals surface area contributed by atoms with Crippen molar-refractivity contribution in [3.63, 3.8) is 0 Å². The number of nitrogens with zero attached hydrogens (tertiary/aromatic N) is 2. The van der Waals surface area contributed by atoms with Gasteiger partial charge in [0, 0.05) is 44.1 Å². The number of nitro benzene ring substituents is 1. The molecule has 0 atom stereocenters. The van der Waals surface area contributed by atoms with Gasteiger partial charge in [-0.2, -0.15) is 0 Å². The molecule has 0 fully saturated rings. The molecule has 0 saturated heterocycles. The molecule has 0 unspecified atom stereocenters. The van der Waals surface area contributed by atoms with Crippen LogP contribution in [-0.4, -0.2) is 19.0 Å². The van der Waals surface area contributed by atoms with E-state index in [1.165, 1.54) is 17.2 Å². The van der Waals surface area contributed by atoms with E-state index in [1.54, 1.807) is 13.1 Å². The Kier molecular flexibility index (Phi) is 4.42. The predicted octanol–water partition coefficient (Wildman–Crippen LogP) is 3.58. The first kappa shape index (κ1) is 14.8. The number of rotatable bonds is 5. The van der Waals surface area contributed by atoms with Gasteiger partial charge in [0.15, 0.2) is 0 Å².